The minimum atomic E-state index is -0.552. The number of hydrogen-bond acceptors (Lipinski definition) is 4. The van der Waals surface area contributed by atoms with Crippen LogP contribution >= 0.6 is 23.2 Å². The number of nitrogens with zero attached hydrogens (tertiary/aromatic N) is 1. The van der Waals surface area contributed by atoms with Crippen LogP contribution in [0.3, 0.4) is 0 Å². The Bertz CT molecular complexity index is 1220. The van der Waals surface area contributed by atoms with Crippen LogP contribution in [0.1, 0.15) is 16.7 Å². The topological polar surface area (TPSA) is 71.3 Å². The van der Waals surface area contributed by atoms with Gasteiger partial charge in [-0.15, -0.1) is 0 Å². The van der Waals surface area contributed by atoms with E-state index < -0.39 is 5.91 Å². The van der Waals surface area contributed by atoms with Gasteiger partial charge in [-0.2, -0.15) is 5.26 Å². The van der Waals surface area contributed by atoms with Gasteiger partial charge in [0.15, 0.2) is 0 Å². The average molecular weight is 481 g/mol. The van der Waals surface area contributed by atoms with Gasteiger partial charge in [0.2, 0.25) is 0 Å². The van der Waals surface area contributed by atoms with Crippen molar-refractivity contribution in [2.24, 2.45) is 0 Å². The molecule has 1 N–H and O–H groups in total. The number of benzene rings is 3. The molecule has 0 fully saturated rings. The predicted molar refractivity (Wildman–Crippen MR) is 132 cm³/mol. The maximum atomic E-state index is 12.6. The first-order valence-corrected chi connectivity index (χ1v) is 10.9. The quantitative estimate of drug-likeness (QED) is 0.223. The van der Waals surface area contributed by atoms with E-state index in [4.69, 9.17) is 32.7 Å². The van der Waals surface area contributed by atoms with Crippen LogP contribution in [0.25, 0.3) is 6.08 Å². The largest absolute Gasteiger partial charge is 0.490 e. The molecule has 0 saturated heterocycles. The first-order valence-electron chi connectivity index (χ1n) is 10.2. The predicted octanol–water partition coefficient (Wildman–Crippen LogP) is 6.61. The molecule has 33 heavy (non-hydrogen) atoms. The van der Waals surface area contributed by atoms with Crippen LogP contribution in [0.2, 0.25) is 10.0 Å². The standard InChI is InChI=1S/C26H22Cl2N2O3/c1-17-8-9-18(2)24(12-17)32-10-11-33-25-19(14-21(27)15-23(25)28)13-20(16-29)26(31)30-22-6-4-3-5-7-22/h3-9,12-15H,10-11H2,1-2H3,(H,30,31)/b20-13+. The van der Waals surface area contributed by atoms with Crippen molar-refractivity contribution in [1.29, 1.82) is 5.26 Å². The van der Waals surface area contributed by atoms with Crippen molar-refractivity contribution in [1.82, 2.24) is 0 Å². The van der Waals surface area contributed by atoms with E-state index in [-0.39, 0.29) is 23.8 Å². The van der Waals surface area contributed by atoms with Gasteiger partial charge in [-0.1, -0.05) is 53.5 Å². The van der Waals surface area contributed by atoms with Crippen LogP contribution in [-0.4, -0.2) is 19.1 Å². The molecule has 3 aromatic carbocycles. The first-order chi connectivity index (χ1) is 15.9. The summed E-state index contributed by atoms with van der Waals surface area (Å²) in [4.78, 5) is 12.6. The zero-order valence-electron chi connectivity index (χ0n) is 18.2. The van der Waals surface area contributed by atoms with Gasteiger partial charge in [-0.3, -0.25) is 4.79 Å². The van der Waals surface area contributed by atoms with Gasteiger partial charge in [0.05, 0.1) is 5.02 Å². The van der Waals surface area contributed by atoms with Gasteiger partial charge in [-0.05, 0) is 61.4 Å². The van der Waals surface area contributed by atoms with Gasteiger partial charge < -0.3 is 14.8 Å². The molecule has 0 unspecified atom stereocenters. The Kier molecular flexibility index (Phi) is 8.37. The maximum Gasteiger partial charge on any atom is 0.266 e. The Morgan fingerprint density at radius 2 is 1.76 bits per heavy atom. The minimum absolute atomic E-state index is 0.117. The lowest BCUT2D eigenvalue weighted by molar-refractivity contribution is -0.112. The molecule has 0 bridgehead atoms. The summed E-state index contributed by atoms with van der Waals surface area (Å²) in [7, 11) is 0. The van der Waals surface area contributed by atoms with Crippen molar-refractivity contribution in [2.75, 3.05) is 18.5 Å². The summed E-state index contributed by atoms with van der Waals surface area (Å²) in [6.07, 6.45) is 1.40. The average Bonchev–Trinajstić information content (AvgIpc) is 2.79. The number of anilines is 1. The highest BCUT2D eigenvalue weighted by Crippen LogP contribution is 2.34. The Hall–Kier alpha value is -3.46. The minimum Gasteiger partial charge on any atom is -0.490 e. The highest BCUT2D eigenvalue weighted by atomic mass is 35.5. The maximum absolute atomic E-state index is 12.6. The first kappa shape index (κ1) is 24.2. The summed E-state index contributed by atoms with van der Waals surface area (Å²) in [6.45, 7) is 4.45. The summed E-state index contributed by atoms with van der Waals surface area (Å²) < 4.78 is 11.7. The summed E-state index contributed by atoms with van der Waals surface area (Å²) in [5.41, 5.74) is 3.00. The monoisotopic (exact) mass is 480 g/mol. The molecule has 0 radical (unpaired) electrons. The zero-order chi connectivity index (χ0) is 23.8. The molecule has 168 valence electrons. The van der Waals surface area contributed by atoms with E-state index in [0.29, 0.717) is 22.0 Å². The van der Waals surface area contributed by atoms with E-state index in [9.17, 15) is 10.1 Å². The van der Waals surface area contributed by atoms with E-state index in [1.54, 1.807) is 30.3 Å². The molecule has 3 aromatic rings. The second-order valence-electron chi connectivity index (χ2n) is 7.26. The molecule has 0 aliphatic carbocycles. The molecule has 0 aliphatic rings. The summed E-state index contributed by atoms with van der Waals surface area (Å²) in [6, 6.07) is 19.9. The number of nitrogens with one attached hydrogen (secondary N) is 1. The number of halogens is 2. The van der Waals surface area contributed by atoms with Gasteiger partial charge in [0.25, 0.3) is 5.91 Å². The number of carbonyl (C=O) groups excluding carboxylic acids is 1. The Morgan fingerprint density at radius 1 is 1.03 bits per heavy atom. The van der Waals surface area contributed by atoms with Gasteiger partial charge >= 0.3 is 0 Å². The second-order valence-corrected chi connectivity index (χ2v) is 8.11. The number of aryl methyl sites for hydroxylation is 2. The molecule has 0 heterocycles. The fourth-order valence-corrected chi connectivity index (χ4v) is 3.59. The molecule has 0 aromatic heterocycles. The highest BCUT2D eigenvalue weighted by molar-refractivity contribution is 6.36. The Balaban J connectivity index is 1.76. The molecule has 0 aliphatic heterocycles. The van der Waals surface area contributed by atoms with Crippen LogP contribution < -0.4 is 14.8 Å². The molecular formula is C26H22Cl2N2O3. The van der Waals surface area contributed by atoms with Crippen molar-refractivity contribution in [2.45, 2.75) is 13.8 Å². The van der Waals surface area contributed by atoms with E-state index in [1.807, 2.05) is 44.2 Å². The van der Waals surface area contributed by atoms with Crippen molar-refractivity contribution in [3.8, 4) is 17.6 Å². The number of para-hydroxylation sites is 1. The molecule has 7 heteroatoms. The van der Waals surface area contributed by atoms with Crippen molar-refractivity contribution < 1.29 is 14.3 Å². The van der Waals surface area contributed by atoms with Crippen molar-refractivity contribution in [3.05, 3.63) is 93.0 Å². The second kappa shape index (κ2) is 11.4. The molecular weight excluding hydrogens is 459 g/mol. The number of carbonyl (C=O) groups is 1. The van der Waals surface area contributed by atoms with E-state index in [0.717, 1.165) is 16.9 Å². The fourth-order valence-electron chi connectivity index (χ4n) is 3.02. The smallest absolute Gasteiger partial charge is 0.266 e. The molecule has 5 nitrogen and oxygen atoms in total. The summed E-state index contributed by atoms with van der Waals surface area (Å²) in [5.74, 6) is 0.542. The third kappa shape index (κ3) is 6.76. The van der Waals surface area contributed by atoms with E-state index in [1.165, 1.54) is 12.1 Å². The number of nitriles is 1. The van der Waals surface area contributed by atoms with Crippen LogP contribution in [0.15, 0.2) is 66.2 Å². The molecule has 0 saturated carbocycles. The van der Waals surface area contributed by atoms with Gasteiger partial charge in [0, 0.05) is 16.3 Å². The molecule has 0 atom stereocenters. The Morgan fingerprint density at radius 3 is 2.48 bits per heavy atom. The van der Waals surface area contributed by atoms with Crippen molar-refractivity contribution in [3.63, 3.8) is 0 Å². The third-order valence-electron chi connectivity index (χ3n) is 4.66. The number of hydrogen-bond donors (Lipinski definition) is 1. The normalized spacial score (nSPS) is 10.9. The number of rotatable bonds is 8. The van der Waals surface area contributed by atoms with Crippen LogP contribution in [0.4, 0.5) is 5.69 Å². The van der Waals surface area contributed by atoms with Gasteiger partial charge in [0.1, 0.15) is 36.4 Å². The lowest BCUT2D eigenvalue weighted by atomic mass is 10.1. The molecule has 0 spiro atoms. The summed E-state index contributed by atoms with van der Waals surface area (Å²) in [5, 5.41) is 12.9. The number of ether oxygens (including phenoxy) is 2. The molecule has 1 amide bonds. The van der Waals surface area contributed by atoms with Crippen molar-refractivity contribution >= 4 is 40.9 Å². The van der Waals surface area contributed by atoms with Crippen LogP contribution in [0, 0.1) is 25.2 Å². The van der Waals surface area contributed by atoms with E-state index >= 15 is 0 Å². The summed E-state index contributed by atoms with van der Waals surface area (Å²) >= 11 is 12.5. The lowest BCUT2D eigenvalue weighted by Crippen LogP contribution is -2.13. The Labute approximate surface area is 203 Å². The van der Waals surface area contributed by atoms with Gasteiger partial charge in [-0.25, -0.2) is 0 Å². The molecule has 3 rings (SSSR count). The van der Waals surface area contributed by atoms with Crippen LogP contribution in [0.5, 0.6) is 11.5 Å². The van der Waals surface area contributed by atoms with E-state index in [2.05, 4.69) is 5.32 Å². The lowest BCUT2D eigenvalue weighted by Gasteiger charge is -2.14. The van der Waals surface area contributed by atoms with Crippen LogP contribution in [-0.2, 0) is 4.79 Å². The zero-order valence-corrected chi connectivity index (χ0v) is 19.7. The SMILES string of the molecule is Cc1ccc(C)c(OCCOc2c(Cl)cc(Cl)cc2/C=C(\C#N)C(=O)Nc2ccccc2)c1. The fraction of sp³-hybridized carbons (Fsp3) is 0.154. The third-order valence-corrected chi connectivity index (χ3v) is 5.16. The number of amides is 1. The highest BCUT2D eigenvalue weighted by Gasteiger charge is 2.15.